The molecule has 5 nitrogen and oxygen atoms in total. The van der Waals surface area contributed by atoms with Crippen molar-refractivity contribution in [3.8, 4) is 5.75 Å². The summed E-state index contributed by atoms with van der Waals surface area (Å²) in [6.07, 6.45) is 3.11. The lowest BCUT2D eigenvalue weighted by molar-refractivity contribution is -0.142. The van der Waals surface area contributed by atoms with E-state index in [1.54, 1.807) is 11.0 Å². The molecule has 0 aromatic heterocycles. The van der Waals surface area contributed by atoms with Crippen molar-refractivity contribution < 1.29 is 14.3 Å². The topological polar surface area (TPSA) is 58.6 Å². The number of hydrogen-bond acceptors (Lipinski definition) is 3. The minimum absolute atomic E-state index is 0.189. The fourth-order valence-corrected chi connectivity index (χ4v) is 4.71. The van der Waals surface area contributed by atoms with Crippen molar-refractivity contribution in [3.05, 3.63) is 99.0 Å². The molecule has 0 radical (unpaired) electrons. The van der Waals surface area contributed by atoms with E-state index in [-0.39, 0.29) is 25.0 Å². The Morgan fingerprint density at radius 2 is 1.73 bits per heavy atom. The van der Waals surface area contributed by atoms with Crippen LogP contribution in [0.4, 0.5) is 0 Å². The van der Waals surface area contributed by atoms with Crippen LogP contribution in [0, 0.1) is 0 Å². The van der Waals surface area contributed by atoms with E-state index >= 15 is 0 Å². The summed E-state index contributed by atoms with van der Waals surface area (Å²) in [5.41, 5.74) is 2.90. The van der Waals surface area contributed by atoms with Crippen LogP contribution >= 0.6 is 27.5 Å². The van der Waals surface area contributed by atoms with Gasteiger partial charge in [-0.15, -0.1) is 0 Å². The van der Waals surface area contributed by atoms with E-state index in [4.69, 9.17) is 16.3 Å². The van der Waals surface area contributed by atoms with Crippen molar-refractivity contribution in [2.24, 2.45) is 0 Å². The maximum atomic E-state index is 13.7. The number of unbranched alkanes of at least 4 members (excludes halogenated alkanes) is 1. The highest BCUT2D eigenvalue weighted by molar-refractivity contribution is 9.10. The number of nitrogens with zero attached hydrogens (tertiary/aromatic N) is 1. The zero-order valence-electron chi connectivity index (χ0n) is 21.4. The molecule has 1 atom stereocenters. The maximum absolute atomic E-state index is 13.7. The normalized spacial score (nSPS) is 11.6. The lowest BCUT2D eigenvalue weighted by atomic mass is 10.0. The number of nitrogens with one attached hydrogen (secondary N) is 1. The van der Waals surface area contributed by atoms with Gasteiger partial charge in [0.15, 0.2) is 6.61 Å². The zero-order valence-corrected chi connectivity index (χ0v) is 23.7. The van der Waals surface area contributed by atoms with Gasteiger partial charge in [-0.3, -0.25) is 9.59 Å². The maximum Gasteiger partial charge on any atom is 0.261 e. The first kappa shape index (κ1) is 28.7. The van der Waals surface area contributed by atoms with Crippen LogP contribution in [0.15, 0.2) is 77.3 Å². The van der Waals surface area contributed by atoms with Crippen LogP contribution < -0.4 is 10.1 Å². The average Bonchev–Trinajstić information content (AvgIpc) is 2.91. The molecule has 37 heavy (non-hydrogen) atoms. The van der Waals surface area contributed by atoms with Gasteiger partial charge in [-0.25, -0.2) is 0 Å². The molecule has 196 valence electrons. The van der Waals surface area contributed by atoms with E-state index in [0.29, 0.717) is 23.7 Å². The predicted octanol–water partition coefficient (Wildman–Crippen LogP) is 6.60. The first-order valence-corrected chi connectivity index (χ1v) is 13.9. The van der Waals surface area contributed by atoms with Crippen molar-refractivity contribution in [2.75, 3.05) is 13.2 Å². The molecule has 3 aromatic carbocycles. The van der Waals surface area contributed by atoms with Gasteiger partial charge < -0.3 is 15.0 Å². The van der Waals surface area contributed by atoms with Crippen LogP contribution in [0.25, 0.3) is 0 Å². The van der Waals surface area contributed by atoms with E-state index in [2.05, 4.69) is 35.1 Å². The van der Waals surface area contributed by atoms with Gasteiger partial charge in [-0.1, -0.05) is 86.5 Å². The molecule has 2 amide bonds. The third kappa shape index (κ3) is 8.61. The quantitative estimate of drug-likeness (QED) is 0.230. The molecule has 0 bridgehead atoms. The van der Waals surface area contributed by atoms with Crippen molar-refractivity contribution >= 4 is 39.3 Å². The lowest BCUT2D eigenvalue weighted by Gasteiger charge is -2.31. The van der Waals surface area contributed by atoms with Crippen molar-refractivity contribution in [1.82, 2.24) is 10.2 Å². The molecule has 0 heterocycles. The van der Waals surface area contributed by atoms with Gasteiger partial charge in [0.25, 0.3) is 5.91 Å². The van der Waals surface area contributed by atoms with Gasteiger partial charge in [0.2, 0.25) is 5.91 Å². The molecular weight excluding hydrogens is 552 g/mol. The molecule has 0 aliphatic carbocycles. The molecule has 0 aliphatic heterocycles. The Balaban J connectivity index is 1.90. The number of benzene rings is 3. The summed E-state index contributed by atoms with van der Waals surface area (Å²) in [6, 6.07) is 22.2. The molecule has 0 fully saturated rings. The summed E-state index contributed by atoms with van der Waals surface area (Å²) in [4.78, 5) is 28.7. The Bertz CT molecular complexity index is 1170. The second-order valence-electron chi connectivity index (χ2n) is 8.87. The Morgan fingerprint density at radius 1 is 1.00 bits per heavy atom. The second kappa shape index (κ2) is 14.8. The predicted molar refractivity (Wildman–Crippen MR) is 153 cm³/mol. The zero-order chi connectivity index (χ0) is 26.6. The molecule has 0 saturated carbocycles. The van der Waals surface area contributed by atoms with Crippen LogP contribution in [0.2, 0.25) is 5.02 Å². The molecule has 0 saturated heterocycles. The fraction of sp³-hybridized carbons (Fsp3) is 0.333. The highest BCUT2D eigenvalue weighted by Gasteiger charge is 2.31. The Kier molecular flexibility index (Phi) is 11.5. The molecule has 7 heteroatoms. The van der Waals surface area contributed by atoms with E-state index in [1.807, 2.05) is 66.7 Å². The Labute approximate surface area is 233 Å². The number of ether oxygens (including phenoxy) is 1. The number of carbonyl (C=O) groups is 2. The molecule has 3 rings (SSSR count). The molecule has 1 N–H and O–H groups in total. The fourth-order valence-electron chi connectivity index (χ4n) is 3.97. The monoisotopic (exact) mass is 584 g/mol. The van der Waals surface area contributed by atoms with Crippen LogP contribution in [0.1, 0.15) is 43.4 Å². The van der Waals surface area contributed by atoms with E-state index in [1.165, 1.54) is 0 Å². The summed E-state index contributed by atoms with van der Waals surface area (Å²) >= 11 is 10.0. The molecule has 0 aliphatic rings. The number of rotatable bonds is 13. The van der Waals surface area contributed by atoms with Crippen LogP contribution in [-0.4, -0.2) is 35.9 Å². The minimum Gasteiger partial charge on any atom is -0.483 e. The number of carbonyl (C=O) groups excluding carboxylic acids is 2. The van der Waals surface area contributed by atoms with Crippen LogP contribution in [0.3, 0.4) is 0 Å². The smallest absolute Gasteiger partial charge is 0.261 e. The Morgan fingerprint density at radius 3 is 2.41 bits per heavy atom. The number of aryl methyl sites for hydroxylation is 1. The summed E-state index contributed by atoms with van der Waals surface area (Å²) in [5, 5.41) is 3.57. The van der Waals surface area contributed by atoms with E-state index in [9.17, 15) is 9.59 Å². The van der Waals surface area contributed by atoms with Gasteiger partial charge in [0.1, 0.15) is 11.8 Å². The van der Waals surface area contributed by atoms with Gasteiger partial charge in [0, 0.05) is 24.5 Å². The summed E-state index contributed by atoms with van der Waals surface area (Å²) in [5.74, 6) is 0.0967. The lowest BCUT2D eigenvalue weighted by Crippen LogP contribution is -2.51. The molecular formula is C30H34BrClN2O3. The van der Waals surface area contributed by atoms with Gasteiger partial charge in [-0.05, 0) is 63.7 Å². The SMILES string of the molecule is CCCCNC(=O)C(Cc1ccccc1)N(Cc1ccccc1Cl)C(=O)COc1ccc(CC)cc1Br. The van der Waals surface area contributed by atoms with Crippen LogP contribution in [0.5, 0.6) is 5.75 Å². The standard InChI is InChI=1S/C30H34BrClN2O3/c1-3-5-17-33-30(36)27(19-23-11-7-6-8-12-23)34(20-24-13-9-10-14-26(24)32)29(35)21-37-28-16-15-22(4-2)18-25(28)31/h6-16,18,27H,3-5,17,19-21H2,1-2H3,(H,33,36). The molecule has 0 spiro atoms. The van der Waals surface area contributed by atoms with E-state index < -0.39 is 6.04 Å². The van der Waals surface area contributed by atoms with E-state index in [0.717, 1.165) is 40.4 Å². The number of amides is 2. The molecule has 1 unspecified atom stereocenters. The van der Waals surface area contributed by atoms with Crippen molar-refractivity contribution in [1.29, 1.82) is 0 Å². The third-order valence-corrected chi connectivity index (χ3v) is 7.14. The highest BCUT2D eigenvalue weighted by atomic mass is 79.9. The Hall–Kier alpha value is -2.83. The van der Waals surface area contributed by atoms with Crippen LogP contribution in [-0.2, 0) is 29.0 Å². The van der Waals surface area contributed by atoms with Gasteiger partial charge in [0.05, 0.1) is 4.47 Å². The highest BCUT2D eigenvalue weighted by Crippen LogP contribution is 2.27. The van der Waals surface area contributed by atoms with Crippen molar-refractivity contribution in [3.63, 3.8) is 0 Å². The first-order chi connectivity index (χ1) is 17.9. The van der Waals surface area contributed by atoms with Gasteiger partial charge >= 0.3 is 0 Å². The molecule has 3 aromatic rings. The summed E-state index contributed by atoms with van der Waals surface area (Å²) < 4.78 is 6.71. The first-order valence-electron chi connectivity index (χ1n) is 12.7. The van der Waals surface area contributed by atoms with Crippen molar-refractivity contribution in [2.45, 2.75) is 52.1 Å². The average molecular weight is 586 g/mol. The number of hydrogen-bond donors (Lipinski definition) is 1. The number of halogens is 2. The van der Waals surface area contributed by atoms with Gasteiger partial charge in [-0.2, -0.15) is 0 Å². The summed E-state index contributed by atoms with van der Waals surface area (Å²) in [7, 11) is 0. The second-order valence-corrected chi connectivity index (χ2v) is 10.1. The summed E-state index contributed by atoms with van der Waals surface area (Å²) in [6.45, 7) is 4.70. The minimum atomic E-state index is -0.725. The largest absolute Gasteiger partial charge is 0.483 e. The third-order valence-electron chi connectivity index (χ3n) is 6.15.